The summed E-state index contributed by atoms with van der Waals surface area (Å²) in [4.78, 5) is 29.2. The van der Waals surface area contributed by atoms with E-state index in [4.69, 9.17) is 9.97 Å². The summed E-state index contributed by atoms with van der Waals surface area (Å²) >= 11 is 0. The number of rotatable bonds is 17. The van der Waals surface area contributed by atoms with Gasteiger partial charge < -0.3 is 0 Å². The van der Waals surface area contributed by atoms with Crippen molar-refractivity contribution in [2.75, 3.05) is 0 Å². The van der Waals surface area contributed by atoms with Crippen molar-refractivity contribution in [3.63, 3.8) is 0 Å². The van der Waals surface area contributed by atoms with Crippen molar-refractivity contribution in [3.05, 3.63) is 410 Å². The van der Waals surface area contributed by atoms with Crippen LogP contribution in [0.1, 0.15) is 107 Å². The first-order chi connectivity index (χ1) is 53.5. The Balaban J connectivity index is 0.648. The molecule has 0 amide bonds. The summed E-state index contributed by atoms with van der Waals surface area (Å²) in [6.07, 6.45) is 17.7. The van der Waals surface area contributed by atoms with Crippen LogP contribution in [0.5, 0.6) is 0 Å². The van der Waals surface area contributed by atoms with Crippen LogP contribution in [0.2, 0.25) is 0 Å². The Morgan fingerprint density at radius 2 is 0.333 bits per heavy atom. The third-order valence-electron chi connectivity index (χ3n) is 22.9. The van der Waals surface area contributed by atoms with Crippen LogP contribution in [0.4, 0.5) is 0 Å². The minimum Gasteiger partial charge on any atom is -0.256 e. The van der Waals surface area contributed by atoms with Crippen LogP contribution in [0.15, 0.2) is 377 Å². The first-order valence-corrected chi connectivity index (χ1v) is 38.1. The van der Waals surface area contributed by atoms with Crippen LogP contribution < -0.4 is 0 Å². The molecule has 16 aromatic rings. The van der Waals surface area contributed by atoms with Gasteiger partial charge in [-0.05, 0) is 224 Å². The molecule has 2 aliphatic carbocycles. The third kappa shape index (κ3) is 14.0. The number of pyridine rings is 6. The minimum atomic E-state index is 0.251. The molecule has 6 heteroatoms. The van der Waals surface area contributed by atoms with E-state index in [1.165, 1.54) is 89.0 Å². The Hall–Kier alpha value is -12.9. The van der Waals surface area contributed by atoms with Crippen molar-refractivity contribution >= 4 is 0 Å². The van der Waals surface area contributed by atoms with E-state index >= 15 is 0 Å². The fourth-order valence-corrected chi connectivity index (χ4v) is 17.7. The maximum Gasteiger partial charge on any atom is 0.0886 e. The molecule has 10 aromatic carbocycles. The van der Waals surface area contributed by atoms with Gasteiger partial charge in [-0.2, -0.15) is 0 Å². The summed E-state index contributed by atoms with van der Waals surface area (Å²) in [5.74, 6) is 1.60. The summed E-state index contributed by atoms with van der Waals surface area (Å²) in [5.41, 5.74) is 33.0. The molecule has 2 fully saturated rings. The smallest absolute Gasteiger partial charge is 0.0886 e. The highest BCUT2D eigenvalue weighted by molar-refractivity contribution is 5.78. The largest absolute Gasteiger partial charge is 0.256 e. The van der Waals surface area contributed by atoms with E-state index in [2.05, 4.69) is 348 Å². The first kappa shape index (κ1) is 67.0. The molecule has 2 aliphatic rings. The molecule has 4 unspecified atom stereocenters. The fourth-order valence-electron chi connectivity index (χ4n) is 17.7. The van der Waals surface area contributed by atoms with Crippen molar-refractivity contribution in [1.29, 1.82) is 0 Å². The molecule has 2 saturated carbocycles. The Morgan fingerprint density at radius 1 is 0.148 bits per heavy atom. The predicted molar refractivity (Wildman–Crippen MR) is 443 cm³/mol. The lowest BCUT2D eigenvalue weighted by atomic mass is 9.66. The standard InChI is InChI=1S/C102H80N6/c1-7-27-91(85(21-1)69-37-45-73(46-38-69)97-33-13-17-57-103-97)79-61-80(92-28-8-2-22-86(92)70-39-47-74(48-40-70)98-34-14-18-58-104-98)64-83(63-79)95-31-11-5-25-89(95)77-53-55-101(107-67-77)102-56-54-78(68-108-102)90-26-6-12-32-96(90)84-65-81(93-29-9-3-23-87(93)71-41-49-75(50-42-71)99-35-15-19-59-105-99)62-82(66-84)94-30-10-4-24-88(94)72-43-51-76(52-44-72)100-36-16-20-60-106-100/h1-60,67-68,79-84H,61-66H2. The first-order valence-electron chi connectivity index (χ1n) is 38.1. The van der Waals surface area contributed by atoms with Crippen LogP contribution in [0.25, 0.3) is 123 Å². The predicted octanol–water partition coefficient (Wildman–Crippen LogP) is 26.1. The number of hydrogen-bond acceptors (Lipinski definition) is 6. The van der Waals surface area contributed by atoms with Crippen molar-refractivity contribution in [2.45, 2.75) is 74.0 Å². The van der Waals surface area contributed by atoms with Gasteiger partial charge in [0, 0.05) is 70.6 Å². The van der Waals surface area contributed by atoms with Crippen molar-refractivity contribution in [2.24, 2.45) is 0 Å². The maximum atomic E-state index is 5.26. The van der Waals surface area contributed by atoms with E-state index < -0.39 is 0 Å². The van der Waals surface area contributed by atoms with Crippen LogP contribution in [0.3, 0.4) is 0 Å². The molecule has 0 aliphatic heterocycles. The Bertz CT molecular complexity index is 5110. The molecule has 0 N–H and O–H groups in total. The Labute approximate surface area is 633 Å². The molecule has 108 heavy (non-hydrogen) atoms. The zero-order valence-electron chi connectivity index (χ0n) is 60.2. The molecular weight excluding hydrogens is 1310 g/mol. The molecule has 18 rings (SSSR count). The number of benzene rings is 10. The van der Waals surface area contributed by atoms with Gasteiger partial charge in [0.25, 0.3) is 0 Å². The summed E-state index contributed by atoms with van der Waals surface area (Å²) in [6, 6.07) is 124. The van der Waals surface area contributed by atoms with E-state index in [0.29, 0.717) is 0 Å². The van der Waals surface area contributed by atoms with E-state index in [9.17, 15) is 0 Å². The fraction of sp³-hybridized carbons (Fsp3) is 0.118. The monoisotopic (exact) mass is 1390 g/mol. The molecule has 518 valence electrons. The lowest BCUT2D eigenvalue weighted by molar-refractivity contribution is 0.353. The van der Waals surface area contributed by atoms with E-state index in [-0.39, 0.29) is 35.5 Å². The number of aromatic nitrogens is 6. The molecule has 4 atom stereocenters. The number of nitrogens with zero attached hydrogens (tertiary/aromatic N) is 6. The molecule has 0 radical (unpaired) electrons. The summed E-state index contributed by atoms with van der Waals surface area (Å²) in [7, 11) is 0. The highest BCUT2D eigenvalue weighted by atomic mass is 14.8. The second-order valence-electron chi connectivity index (χ2n) is 29.2. The zero-order valence-corrected chi connectivity index (χ0v) is 60.2. The molecule has 6 aromatic heterocycles. The highest BCUT2D eigenvalue weighted by Gasteiger charge is 2.37. The SMILES string of the molecule is c1ccc(-c2ccc(-c3ccccc3C3CC(c4ccccc4-c4ccc(-c5ccccn5)cc4)CC(c4ccccc4-c4ccc(-c5ccc(-c6ccccc6C6CC(c7ccccc7-c7ccc(-c8ccccn8)cc7)CC(c7ccccc7-c7ccc(-c8ccccn8)cc7)C6)cn5)nc4)C3)cc2)nc1. The van der Waals surface area contributed by atoms with Gasteiger partial charge in [-0.3, -0.25) is 29.9 Å². The zero-order chi connectivity index (χ0) is 72.0. The van der Waals surface area contributed by atoms with E-state index in [0.717, 1.165) is 106 Å². The molecule has 0 spiro atoms. The molecule has 0 bridgehead atoms. The molecule has 0 saturated heterocycles. The second kappa shape index (κ2) is 30.7. The van der Waals surface area contributed by atoms with Crippen LogP contribution in [-0.4, -0.2) is 29.9 Å². The van der Waals surface area contributed by atoms with Crippen LogP contribution in [0, 0.1) is 0 Å². The summed E-state index contributed by atoms with van der Waals surface area (Å²) in [5, 5.41) is 0. The quantitative estimate of drug-likeness (QED) is 0.0904. The third-order valence-corrected chi connectivity index (χ3v) is 22.9. The van der Waals surface area contributed by atoms with Crippen molar-refractivity contribution < 1.29 is 0 Å². The highest BCUT2D eigenvalue weighted by Crippen LogP contribution is 2.55. The molecule has 6 heterocycles. The summed E-state index contributed by atoms with van der Waals surface area (Å²) < 4.78 is 0. The van der Waals surface area contributed by atoms with Gasteiger partial charge in [-0.1, -0.05) is 279 Å². The minimum absolute atomic E-state index is 0.251. The maximum absolute atomic E-state index is 5.26. The van der Waals surface area contributed by atoms with Gasteiger partial charge in [0.05, 0.1) is 34.2 Å². The van der Waals surface area contributed by atoms with Crippen LogP contribution in [-0.2, 0) is 0 Å². The van der Waals surface area contributed by atoms with Gasteiger partial charge in [-0.15, -0.1) is 0 Å². The van der Waals surface area contributed by atoms with E-state index in [1.807, 2.05) is 49.1 Å². The average molecular weight is 1390 g/mol. The van der Waals surface area contributed by atoms with Crippen molar-refractivity contribution in [3.8, 4) is 123 Å². The molecular formula is C102H80N6. The number of hydrogen-bond donors (Lipinski definition) is 0. The topological polar surface area (TPSA) is 77.3 Å². The Morgan fingerprint density at radius 3 is 0.528 bits per heavy atom. The van der Waals surface area contributed by atoms with E-state index in [1.54, 1.807) is 0 Å². The van der Waals surface area contributed by atoms with Crippen LogP contribution >= 0.6 is 0 Å². The van der Waals surface area contributed by atoms with Gasteiger partial charge in [0.15, 0.2) is 0 Å². The second-order valence-corrected chi connectivity index (χ2v) is 29.2. The van der Waals surface area contributed by atoms with Gasteiger partial charge in [-0.25, -0.2) is 0 Å². The lowest BCUT2D eigenvalue weighted by Gasteiger charge is -2.38. The average Bonchev–Trinajstić information content (AvgIpc) is 0.772. The van der Waals surface area contributed by atoms with Gasteiger partial charge in [0.1, 0.15) is 0 Å². The lowest BCUT2D eigenvalue weighted by Crippen LogP contribution is -2.21. The molecule has 6 nitrogen and oxygen atoms in total. The van der Waals surface area contributed by atoms with Gasteiger partial charge in [0.2, 0.25) is 0 Å². The van der Waals surface area contributed by atoms with Gasteiger partial charge >= 0.3 is 0 Å². The summed E-state index contributed by atoms with van der Waals surface area (Å²) in [6.45, 7) is 0. The normalized spacial score (nSPS) is 17.0. The Kier molecular flexibility index (Phi) is 19.0. The van der Waals surface area contributed by atoms with Crippen molar-refractivity contribution in [1.82, 2.24) is 29.9 Å².